The zero-order valence-electron chi connectivity index (χ0n) is 11.1. The van der Waals surface area contributed by atoms with Crippen LogP contribution in [0, 0.1) is 0 Å². The monoisotopic (exact) mass is 242 g/mol. The third-order valence-corrected chi connectivity index (χ3v) is 3.32. The summed E-state index contributed by atoms with van der Waals surface area (Å²) < 4.78 is 0. The lowest BCUT2D eigenvalue weighted by Gasteiger charge is -2.28. The molecule has 0 atom stereocenters. The first-order chi connectivity index (χ1) is 8.15. The molecule has 1 aliphatic rings. The fraction of sp³-hybridized carbons (Fsp3) is 0.923. The van der Waals surface area contributed by atoms with Gasteiger partial charge in [0.2, 0.25) is 5.91 Å². The van der Waals surface area contributed by atoms with E-state index in [9.17, 15) is 4.79 Å². The largest absolute Gasteiger partial charge is 0.395 e. The molecule has 4 heteroatoms. The van der Waals surface area contributed by atoms with Gasteiger partial charge in [0, 0.05) is 31.6 Å². The highest BCUT2D eigenvalue weighted by atomic mass is 16.3. The molecule has 17 heavy (non-hydrogen) atoms. The minimum Gasteiger partial charge on any atom is -0.395 e. The SMILES string of the molecule is CC(C)NCCC(=O)N(CCO)C1CCCC1. The van der Waals surface area contributed by atoms with E-state index in [2.05, 4.69) is 19.2 Å². The number of nitrogens with zero attached hydrogens (tertiary/aromatic N) is 1. The van der Waals surface area contributed by atoms with Crippen LogP contribution in [-0.4, -0.2) is 47.7 Å². The van der Waals surface area contributed by atoms with Crippen molar-refractivity contribution in [3.8, 4) is 0 Å². The summed E-state index contributed by atoms with van der Waals surface area (Å²) in [6, 6.07) is 0.786. The van der Waals surface area contributed by atoms with Crippen molar-refractivity contribution in [2.45, 2.75) is 58.0 Å². The number of hydrogen-bond acceptors (Lipinski definition) is 3. The predicted octanol–water partition coefficient (Wildman–Crippen LogP) is 1.14. The number of amides is 1. The summed E-state index contributed by atoms with van der Waals surface area (Å²) in [5.41, 5.74) is 0. The van der Waals surface area contributed by atoms with Crippen molar-refractivity contribution in [1.82, 2.24) is 10.2 Å². The second-order valence-corrected chi connectivity index (χ2v) is 5.11. The minimum absolute atomic E-state index is 0.0693. The van der Waals surface area contributed by atoms with Gasteiger partial charge in [-0.05, 0) is 12.8 Å². The smallest absolute Gasteiger partial charge is 0.224 e. The number of nitrogens with one attached hydrogen (secondary N) is 1. The summed E-state index contributed by atoms with van der Waals surface area (Å²) in [7, 11) is 0. The van der Waals surface area contributed by atoms with Crippen LogP contribution in [0.3, 0.4) is 0 Å². The molecule has 0 unspecified atom stereocenters. The van der Waals surface area contributed by atoms with Crippen molar-refractivity contribution in [3.05, 3.63) is 0 Å². The third kappa shape index (κ3) is 5.04. The van der Waals surface area contributed by atoms with Crippen molar-refractivity contribution in [2.24, 2.45) is 0 Å². The van der Waals surface area contributed by atoms with Crippen molar-refractivity contribution < 1.29 is 9.90 Å². The van der Waals surface area contributed by atoms with Gasteiger partial charge in [-0.2, -0.15) is 0 Å². The van der Waals surface area contributed by atoms with Crippen LogP contribution in [0.25, 0.3) is 0 Å². The van der Waals surface area contributed by atoms with Crippen LogP contribution in [0.15, 0.2) is 0 Å². The molecule has 2 N–H and O–H groups in total. The average molecular weight is 242 g/mol. The molecule has 0 aliphatic heterocycles. The number of aliphatic hydroxyl groups excluding tert-OH is 1. The van der Waals surface area contributed by atoms with Gasteiger partial charge in [-0.25, -0.2) is 0 Å². The number of aliphatic hydroxyl groups is 1. The molecule has 0 aromatic rings. The van der Waals surface area contributed by atoms with Crippen molar-refractivity contribution in [2.75, 3.05) is 19.7 Å². The molecule has 0 aromatic heterocycles. The third-order valence-electron chi connectivity index (χ3n) is 3.32. The first-order valence-corrected chi connectivity index (χ1v) is 6.79. The van der Waals surface area contributed by atoms with Crippen molar-refractivity contribution in [1.29, 1.82) is 0 Å². The van der Waals surface area contributed by atoms with Crippen LogP contribution < -0.4 is 5.32 Å². The molecule has 100 valence electrons. The highest BCUT2D eigenvalue weighted by Crippen LogP contribution is 2.23. The van der Waals surface area contributed by atoms with E-state index in [1.165, 1.54) is 12.8 Å². The van der Waals surface area contributed by atoms with Crippen molar-refractivity contribution in [3.63, 3.8) is 0 Å². The average Bonchev–Trinajstić information content (AvgIpc) is 2.78. The lowest BCUT2D eigenvalue weighted by atomic mass is 10.2. The van der Waals surface area contributed by atoms with Gasteiger partial charge >= 0.3 is 0 Å². The van der Waals surface area contributed by atoms with Crippen LogP contribution in [0.1, 0.15) is 46.0 Å². The van der Waals surface area contributed by atoms with Crippen molar-refractivity contribution >= 4 is 5.91 Å². The Kier molecular flexibility index (Phi) is 6.52. The van der Waals surface area contributed by atoms with Crippen LogP contribution in [0.2, 0.25) is 0 Å². The van der Waals surface area contributed by atoms with Gasteiger partial charge < -0.3 is 15.3 Å². The van der Waals surface area contributed by atoms with Crippen LogP contribution >= 0.6 is 0 Å². The summed E-state index contributed by atoms with van der Waals surface area (Å²) in [5, 5.41) is 12.3. The molecule has 0 heterocycles. The highest BCUT2D eigenvalue weighted by molar-refractivity contribution is 5.76. The lowest BCUT2D eigenvalue weighted by molar-refractivity contribution is -0.133. The topological polar surface area (TPSA) is 52.6 Å². The first-order valence-electron chi connectivity index (χ1n) is 6.79. The molecule has 1 fully saturated rings. The molecular weight excluding hydrogens is 216 g/mol. The maximum atomic E-state index is 12.1. The van der Waals surface area contributed by atoms with E-state index in [-0.39, 0.29) is 12.5 Å². The fourth-order valence-corrected chi connectivity index (χ4v) is 2.45. The molecule has 1 rings (SSSR count). The number of carbonyl (C=O) groups is 1. The molecular formula is C13H26N2O2. The van der Waals surface area contributed by atoms with E-state index in [0.717, 1.165) is 19.4 Å². The molecule has 4 nitrogen and oxygen atoms in total. The molecule has 0 aromatic carbocycles. The summed E-state index contributed by atoms with van der Waals surface area (Å²) in [5.74, 6) is 0.180. The predicted molar refractivity (Wildman–Crippen MR) is 68.8 cm³/mol. The Hall–Kier alpha value is -0.610. The van der Waals surface area contributed by atoms with Gasteiger partial charge in [-0.15, -0.1) is 0 Å². The molecule has 0 bridgehead atoms. The summed E-state index contributed by atoms with van der Waals surface area (Å²) >= 11 is 0. The van der Waals surface area contributed by atoms with E-state index in [1.807, 2.05) is 4.90 Å². The zero-order chi connectivity index (χ0) is 12.7. The normalized spacial score (nSPS) is 16.7. The van der Waals surface area contributed by atoms with Gasteiger partial charge in [0.1, 0.15) is 0 Å². The Morgan fingerprint density at radius 3 is 2.59 bits per heavy atom. The Balaban J connectivity index is 2.37. The molecule has 0 radical (unpaired) electrons. The van der Waals surface area contributed by atoms with E-state index in [1.54, 1.807) is 0 Å². The Morgan fingerprint density at radius 1 is 1.41 bits per heavy atom. The fourth-order valence-electron chi connectivity index (χ4n) is 2.45. The summed E-state index contributed by atoms with van der Waals surface area (Å²) in [6.07, 6.45) is 5.16. The second-order valence-electron chi connectivity index (χ2n) is 5.11. The summed E-state index contributed by atoms with van der Waals surface area (Å²) in [4.78, 5) is 14.0. The Morgan fingerprint density at radius 2 is 2.06 bits per heavy atom. The van der Waals surface area contributed by atoms with Gasteiger partial charge in [0.05, 0.1) is 6.61 Å². The van der Waals surface area contributed by atoms with E-state index >= 15 is 0 Å². The lowest BCUT2D eigenvalue weighted by Crippen LogP contribution is -2.42. The zero-order valence-corrected chi connectivity index (χ0v) is 11.1. The second kappa shape index (κ2) is 7.67. The maximum Gasteiger partial charge on any atom is 0.224 e. The number of hydrogen-bond donors (Lipinski definition) is 2. The van der Waals surface area contributed by atoms with Gasteiger partial charge in [-0.3, -0.25) is 4.79 Å². The van der Waals surface area contributed by atoms with E-state index in [0.29, 0.717) is 25.0 Å². The van der Waals surface area contributed by atoms with Crippen LogP contribution in [0.4, 0.5) is 0 Å². The minimum atomic E-state index is 0.0693. The molecule has 1 amide bonds. The molecule has 1 saturated carbocycles. The Labute approximate surface area is 104 Å². The van der Waals surface area contributed by atoms with Crippen LogP contribution in [0.5, 0.6) is 0 Å². The quantitative estimate of drug-likeness (QED) is 0.704. The maximum absolute atomic E-state index is 12.1. The van der Waals surface area contributed by atoms with Gasteiger partial charge in [0.25, 0.3) is 0 Å². The van der Waals surface area contributed by atoms with E-state index < -0.39 is 0 Å². The van der Waals surface area contributed by atoms with Crippen LogP contribution in [-0.2, 0) is 4.79 Å². The molecule has 0 saturated heterocycles. The molecule has 0 spiro atoms. The molecule has 1 aliphatic carbocycles. The first kappa shape index (κ1) is 14.5. The van der Waals surface area contributed by atoms with E-state index in [4.69, 9.17) is 5.11 Å². The summed E-state index contributed by atoms with van der Waals surface area (Å²) in [6.45, 7) is 5.44. The van der Waals surface area contributed by atoms with Gasteiger partial charge in [-0.1, -0.05) is 26.7 Å². The Bertz CT molecular complexity index is 225. The number of carbonyl (C=O) groups excluding carboxylic acids is 1. The van der Waals surface area contributed by atoms with Gasteiger partial charge in [0.15, 0.2) is 0 Å². The number of rotatable bonds is 7. The standard InChI is InChI=1S/C13H26N2O2/c1-11(2)14-8-7-13(17)15(9-10-16)12-5-3-4-6-12/h11-12,14,16H,3-10H2,1-2H3. The highest BCUT2D eigenvalue weighted by Gasteiger charge is 2.25.